The molecule has 7 heteroatoms. The topological polar surface area (TPSA) is 91.3 Å². The standard InChI is InChI=1S/C20H18O7/c1-10-17(22)14(7-21)20-16(19(10)24-2)18(23)12(8-25-20)5-11-3-4-13-6-15(11)27-9-26-13/h3-4,6-7,12,22H,5,8-9H2,1-2H3. The van der Waals surface area contributed by atoms with E-state index in [1.807, 2.05) is 12.1 Å². The van der Waals surface area contributed by atoms with Crippen LogP contribution in [-0.2, 0) is 6.42 Å². The molecule has 7 nitrogen and oxygen atoms in total. The molecule has 0 saturated carbocycles. The molecular weight excluding hydrogens is 352 g/mol. The van der Waals surface area contributed by atoms with Crippen LogP contribution in [0.3, 0.4) is 0 Å². The van der Waals surface area contributed by atoms with E-state index < -0.39 is 5.92 Å². The fourth-order valence-corrected chi connectivity index (χ4v) is 3.55. The first-order chi connectivity index (χ1) is 13.0. The van der Waals surface area contributed by atoms with Gasteiger partial charge in [0.05, 0.1) is 25.2 Å². The number of methoxy groups -OCH3 is 1. The van der Waals surface area contributed by atoms with Crippen LogP contribution in [0.5, 0.6) is 28.7 Å². The maximum Gasteiger partial charge on any atom is 0.230 e. The highest BCUT2D eigenvalue weighted by atomic mass is 16.7. The predicted molar refractivity (Wildman–Crippen MR) is 94.4 cm³/mol. The highest BCUT2D eigenvalue weighted by molar-refractivity contribution is 6.07. The number of hydrogen-bond donors (Lipinski definition) is 1. The van der Waals surface area contributed by atoms with E-state index in [2.05, 4.69) is 0 Å². The Hall–Kier alpha value is -3.22. The van der Waals surface area contributed by atoms with Crippen LogP contribution >= 0.6 is 0 Å². The van der Waals surface area contributed by atoms with E-state index in [1.54, 1.807) is 13.0 Å². The molecule has 0 spiro atoms. The minimum atomic E-state index is -0.469. The summed E-state index contributed by atoms with van der Waals surface area (Å²) in [6.07, 6.45) is 0.901. The van der Waals surface area contributed by atoms with Crippen LogP contribution in [0, 0.1) is 12.8 Å². The maximum absolute atomic E-state index is 13.2. The van der Waals surface area contributed by atoms with E-state index in [0.717, 1.165) is 11.3 Å². The zero-order valence-corrected chi connectivity index (χ0v) is 14.9. The molecule has 0 saturated heterocycles. The van der Waals surface area contributed by atoms with E-state index in [0.29, 0.717) is 24.0 Å². The summed E-state index contributed by atoms with van der Waals surface area (Å²) in [5.41, 5.74) is 1.36. The van der Waals surface area contributed by atoms with Gasteiger partial charge in [-0.05, 0) is 25.0 Å². The lowest BCUT2D eigenvalue weighted by Crippen LogP contribution is -2.31. The molecule has 1 atom stereocenters. The molecule has 2 aromatic carbocycles. The minimum Gasteiger partial charge on any atom is -0.507 e. The summed E-state index contributed by atoms with van der Waals surface area (Å²) in [5, 5.41) is 10.2. The number of ketones is 1. The fourth-order valence-electron chi connectivity index (χ4n) is 3.55. The van der Waals surface area contributed by atoms with Crippen molar-refractivity contribution in [1.82, 2.24) is 0 Å². The van der Waals surface area contributed by atoms with Crippen molar-refractivity contribution in [2.45, 2.75) is 13.3 Å². The average Bonchev–Trinajstić information content (AvgIpc) is 2.68. The second kappa shape index (κ2) is 6.50. The molecular formula is C20H18O7. The summed E-state index contributed by atoms with van der Waals surface area (Å²) in [6.45, 7) is 1.83. The molecule has 2 bridgehead atoms. The van der Waals surface area contributed by atoms with Gasteiger partial charge in [-0.3, -0.25) is 9.59 Å². The summed E-state index contributed by atoms with van der Waals surface area (Å²) < 4.78 is 21.9. The Labute approximate surface area is 155 Å². The number of aldehydes is 1. The van der Waals surface area contributed by atoms with Crippen LogP contribution in [0.2, 0.25) is 0 Å². The van der Waals surface area contributed by atoms with Gasteiger partial charge in [0.25, 0.3) is 0 Å². The summed E-state index contributed by atoms with van der Waals surface area (Å²) in [4.78, 5) is 24.6. The van der Waals surface area contributed by atoms with Gasteiger partial charge in [0.2, 0.25) is 6.79 Å². The Balaban J connectivity index is 1.73. The zero-order chi connectivity index (χ0) is 19.1. The van der Waals surface area contributed by atoms with Crippen LogP contribution in [-0.4, -0.2) is 37.7 Å². The molecule has 0 radical (unpaired) electrons. The first-order valence-corrected chi connectivity index (χ1v) is 8.49. The molecule has 2 aliphatic heterocycles. The van der Waals surface area contributed by atoms with Gasteiger partial charge in [-0.15, -0.1) is 0 Å². The van der Waals surface area contributed by atoms with Crippen molar-refractivity contribution < 1.29 is 33.6 Å². The molecule has 0 amide bonds. The van der Waals surface area contributed by atoms with Crippen molar-refractivity contribution in [2.75, 3.05) is 20.5 Å². The quantitative estimate of drug-likeness (QED) is 0.828. The molecule has 1 N–H and O–H groups in total. The van der Waals surface area contributed by atoms with Gasteiger partial charge in [-0.1, -0.05) is 6.07 Å². The zero-order valence-electron chi connectivity index (χ0n) is 14.9. The number of fused-ring (bicyclic) bond motifs is 3. The van der Waals surface area contributed by atoms with Crippen LogP contribution in [0.25, 0.3) is 0 Å². The van der Waals surface area contributed by atoms with E-state index in [1.165, 1.54) is 7.11 Å². The number of phenolic OH excluding ortho intramolecular Hbond substituents is 1. The molecule has 2 heterocycles. The lowest BCUT2D eigenvalue weighted by molar-refractivity contribution is 0.0817. The Bertz CT molecular complexity index is 948. The normalized spacial score (nSPS) is 17.3. The van der Waals surface area contributed by atoms with E-state index in [4.69, 9.17) is 18.9 Å². The van der Waals surface area contributed by atoms with Crippen molar-refractivity contribution >= 4 is 12.1 Å². The number of Topliss-reactive ketones (excluding diaryl/α,β-unsaturated/α-hetero) is 1. The van der Waals surface area contributed by atoms with Crippen molar-refractivity contribution in [3.8, 4) is 28.7 Å². The fraction of sp³-hybridized carbons (Fsp3) is 0.300. The van der Waals surface area contributed by atoms with Gasteiger partial charge in [0.15, 0.2) is 12.1 Å². The molecule has 27 heavy (non-hydrogen) atoms. The molecule has 2 aromatic rings. The van der Waals surface area contributed by atoms with Crippen molar-refractivity contribution in [1.29, 1.82) is 0 Å². The molecule has 0 fully saturated rings. The number of carbonyl (C=O) groups excluding carboxylic acids is 2. The van der Waals surface area contributed by atoms with Gasteiger partial charge in [0, 0.05) is 11.6 Å². The van der Waals surface area contributed by atoms with Gasteiger partial charge in [-0.25, -0.2) is 0 Å². The third-order valence-corrected chi connectivity index (χ3v) is 4.96. The summed E-state index contributed by atoms with van der Waals surface area (Å²) >= 11 is 0. The second-order valence-electron chi connectivity index (χ2n) is 6.49. The largest absolute Gasteiger partial charge is 0.507 e. The van der Waals surface area contributed by atoms with Gasteiger partial charge >= 0.3 is 0 Å². The van der Waals surface area contributed by atoms with Crippen LogP contribution in [0.4, 0.5) is 0 Å². The first kappa shape index (κ1) is 17.2. The summed E-state index contributed by atoms with van der Waals surface area (Å²) in [5.74, 6) is 0.808. The van der Waals surface area contributed by atoms with Crippen molar-refractivity contribution in [2.24, 2.45) is 5.92 Å². The Morgan fingerprint density at radius 2 is 2.11 bits per heavy atom. The molecule has 4 rings (SSSR count). The van der Waals surface area contributed by atoms with Gasteiger partial charge < -0.3 is 24.1 Å². The molecule has 0 aromatic heterocycles. The van der Waals surface area contributed by atoms with E-state index >= 15 is 0 Å². The van der Waals surface area contributed by atoms with Crippen LogP contribution < -0.4 is 18.9 Å². The first-order valence-electron chi connectivity index (χ1n) is 8.49. The second-order valence-corrected chi connectivity index (χ2v) is 6.49. The number of rotatable bonds is 4. The number of ether oxygens (including phenoxy) is 4. The van der Waals surface area contributed by atoms with Gasteiger partial charge in [0.1, 0.15) is 34.3 Å². The molecule has 1 unspecified atom stereocenters. The predicted octanol–water partition coefficient (Wildman–Crippen LogP) is 2.68. The highest BCUT2D eigenvalue weighted by Gasteiger charge is 2.37. The van der Waals surface area contributed by atoms with Crippen LogP contribution in [0.15, 0.2) is 18.2 Å². The number of hydrogen-bond acceptors (Lipinski definition) is 7. The SMILES string of the molecule is COc1c(C)c(O)c(C=O)c2c1C(=O)C(Cc1ccc3cc1OCO3)CO2. The average molecular weight is 370 g/mol. The third-order valence-electron chi connectivity index (χ3n) is 4.96. The van der Waals surface area contributed by atoms with E-state index in [-0.39, 0.29) is 47.6 Å². The number of aromatic hydroxyl groups is 1. The Kier molecular flexibility index (Phi) is 4.14. The van der Waals surface area contributed by atoms with Gasteiger partial charge in [-0.2, -0.15) is 0 Å². The van der Waals surface area contributed by atoms with Crippen molar-refractivity contribution in [3.63, 3.8) is 0 Å². The number of carbonyl (C=O) groups is 2. The molecule has 140 valence electrons. The lowest BCUT2D eigenvalue weighted by Gasteiger charge is -2.28. The summed E-state index contributed by atoms with van der Waals surface area (Å²) in [6, 6.07) is 5.48. The van der Waals surface area contributed by atoms with Crippen molar-refractivity contribution in [3.05, 3.63) is 40.5 Å². The maximum atomic E-state index is 13.2. The Morgan fingerprint density at radius 3 is 2.85 bits per heavy atom. The van der Waals surface area contributed by atoms with E-state index in [9.17, 15) is 14.7 Å². The number of phenols is 1. The molecule has 2 aliphatic rings. The molecule has 0 aliphatic carbocycles. The number of benzene rings is 2. The highest BCUT2D eigenvalue weighted by Crippen LogP contribution is 2.45. The smallest absolute Gasteiger partial charge is 0.230 e. The monoisotopic (exact) mass is 370 g/mol. The third kappa shape index (κ3) is 2.66. The van der Waals surface area contributed by atoms with Crippen LogP contribution in [0.1, 0.15) is 31.8 Å². The Morgan fingerprint density at radius 1 is 1.30 bits per heavy atom. The summed E-state index contributed by atoms with van der Waals surface area (Å²) in [7, 11) is 1.41. The minimum absolute atomic E-state index is 0.0324. The lowest BCUT2D eigenvalue weighted by atomic mass is 9.86.